The summed E-state index contributed by atoms with van der Waals surface area (Å²) in [6.45, 7) is -0.112. The third kappa shape index (κ3) is 3.71. The number of hydrogen-bond acceptors (Lipinski definition) is 4. The van der Waals surface area contributed by atoms with E-state index < -0.39 is 13.0 Å². The third-order valence-electron chi connectivity index (χ3n) is 2.11. The van der Waals surface area contributed by atoms with Crippen molar-refractivity contribution in [3.05, 3.63) is 24.0 Å². The lowest BCUT2D eigenvalue weighted by molar-refractivity contribution is 0.153. The predicted molar refractivity (Wildman–Crippen MR) is 57.4 cm³/mol. The first-order valence-electron chi connectivity index (χ1n) is 4.96. The van der Waals surface area contributed by atoms with E-state index >= 15 is 0 Å². The third-order valence-corrected chi connectivity index (χ3v) is 2.11. The molecular formula is C10H15F2N3O. The maximum absolute atomic E-state index is 12.3. The Balaban J connectivity index is 2.75. The highest BCUT2D eigenvalue weighted by Gasteiger charge is 2.12. The predicted octanol–water partition coefficient (Wildman–Crippen LogP) is 0.604. The molecule has 0 aliphatic carbocycles. The van der Waals surface area contributed by atoms with E-state index in [1.54, 1.807) is 12.1 Å². The number of nitrogens with zero attached hydrogens (tertiary/aromatic N) is 2. The van der Waals surface area contributed by atoms with Gasteiger partial charge in [-0.25, -0.2) is 8.78 Å². The number of aliphatic hydroxyl groups is 1. The van der Waals surface area contributed by atoms with Crippen LogP contribution in [0, 0.1) is 0 Å². The van der Waals surface area contributed by atoms with Crippen LogP contribution in [0.4, 0.5) is 14.5 Å². The molecule has 0 amide bonds. The quantitative estimate of drug-likeness (QED) is 0.752. The van der Waals surface area contributed by atoms with Crippen LogP contribution < -0.4 is 10.6 Å². The van der Waals surface area contributed by atoms with Gasteiger partial charge in [-0.1, -0.05) is 0 Å². The number of aliphatic hydroxyl groups excluding tert-OH is 1. The maximum Gasteiger partial charge on any atom is 0.255 e. The largest absolute Gasteiger partial charge is 0.395 e. The molecule has 0 aliphatic rings. The number of alkyl halides is 2. The molecule has 0 spiro atoms. The Morgan fingerprint density at radius 3 is 2.62 bits per heavy atom. The molecule has 0 atom stereocenters. The number of pyridine rings is 1. The molecule has 0 bridgehead atoms. The van der Waals surface area contributed by atoms with Gasteiger partial charge in [0, 0.05) is 13.1 Å². The summed E-state index contributed by atoms with van der Waals surface area (Å²) in [5.74, 6) is 0. The highest BCUT2D eigenvalue weighted by atomic mass is 19.3. The molecule has 0 saturated carbocycles. The zero-order valence-electron chi connectivity index (χ0n) is 8.81. The molecule has 3 N–H and O–H groups in total. The SMILES string of the molecule is NCc1ccc(N(CCO)CC(F)F)cn1. The van der Waals surface area contributed by atoms with Crippen LogP contribution in [0.2, 0.25) is 0 Å². The van der Waals surface area contributed by atoms with Crippen LogP contribution in [0.5, 0.6) is 0 Å². The summed E-state index contributed by atoms with van der Waals surface area (Å²) in [5.41, 5.74) is 6.64. The Bertz CT molecular complexity index is 305. The molecule has 1 rings (SSSR count). The van der Waals surface area contributed by atoms with Gasteiger partial charge in [0.15, 0.2) is 0 Å². The van der Waals surface area contributed by atoms with Gasteiger partial charge in [0.1, 0.15) is 0 Å². The van der Waals surface area contributed by atoms with Crippen LogP contribution >= 0.6 is 0 Å². The minimum atomic E-state index is -2.44. The second-order valence-corrected chi connectivity index (χ2v) is 3.27. The van der Waals surface area contributed by atoms with E-state index in [1.165, 1.54) is 11.1 Å². The first-order valence-corrected chi connectivity index (χ1v) is 4.96. The van der Waals surface area contributed by atoms with E-state index in [-0.39, 0.29) is 13.2 Å². The summed E-state index contributed by atoms with van der Waals surface area (Å²) < 4.78 is 24.6. The number of aromatic nitrogens is 1. The van der Waals surface area contributed by atoms with Crippen molar-refractivity contribution < 1.29 is 13.9 Å². The van der Waals surface area contributed by atoms with Crippen molar-refractivity contribution in [2.24, 2.45) is 5.73 Å². The van der Waals surface area contributed by atoms with E-state index in [2.05, 4.69) is 4.98 Å². The fourth-order valence-electron chi connectivity index (χ4n) is 1.34. The molecule has 6 heteroatoms. The normalized spacial score (nSPS) is 10.8. The van der Waals surface area contributed by atoms with Crippen LogP contribution in [-0.2, 0) is 6.54 Å². The van der Waals surface area contributed by atoms with Crippen LogP contribution in [0.25, 0.3) is 0 Å². The van der Waals surface area contributed by atoms with Crippen LogP contribution in [0.3, 0.4) is 0 Å². The lowest BCUT2D eigenvalue weighted by Gasteiger charge is -2.23. The number of anilines is 1. The van der Waals surface area contributed by atoms with E-state index in [1.807, 2.05) is 0 Å². The van der Waals surface area contributed by atoms with Gasteiger partial charge in [0.2, 0.25) is 0 Å². The first kappa shape index (κ1) is 12.8. The molecule has 1 heterocycles. The van der Waals surface area contributed by atoms with Gasteiger partial charge in [-0.15, -0.1) is 0 Å². The van der Waals surface area contributed by atoms with Crippen LogP contribution in [0.1, 0.15) is 5.69 Å². The fraction of sp³-hybridized carbons (Fsp3) is 0.500. The van der Waals surface area contributed by atoms with E-state index in [0.29, 0.717) is 17.9 Å². The summed E-state index contributed by atoms with van der Waals surface area (Å²) in [7, 11) is 0. The average Bonchev–Trinajstić information content (AvgIpc) is 2.28. The van der Waals surface area contributed by atoms with Gasteiger partial charge in [-0.3, -0.25) is 4.98 Å². The Labute approximate surface area is 92.7 Å². The van der Waals surface area contributed by atoms with Crippen molar-refractivity contribution in [2.75, 3.05) is 24.6 Å². The van der Waals surface area contributed by atoms with Crippen LogP contribution in [0.15, 0.2) is 18.3 Å². The minimum Gasteiger partial charge on any atom is -0.395 e. The Kier molecular flexibility index (Phi) is 5.07. The van der Waals surface area contributed by atoms with Crippen molar-refractivity contribution in [2.45, 2.75) is 13.0 Å². The first-order chi connectivity index (χ1) is 7.67. The zero-order valence-corrected chi connectivity index (χ0v) is 8.81. The molecule has 16 heavy (non-hydrogen) atoms. The topological polar surface area (TPSA) is 62.4 Å². The molecule has 0 saturated heterocycles. The van der Waals surface area contributed by atoms with E-state index in [4.69, 9.17) is 10.8 Å². The van der Waals surface area contributed by atoms with E-state index in [9.17, 15) is 8.78 Å². The average molecular weight is 231 g/mol. The number of halogens is 2. The molecule has 0 aromatic carbocycles. The highest BCUT2D eigenvalue weighted by Crippen LogP contribution is 2.14. The standard InChI is InChI=1S/C10H15F2N3O/c11-10(12)7-15(3-4-16)9-2-1-8(5-13)14-6-9/h1-2,6,10,16H,3-5,7,13H2. The number of rotatable bonds is 6. The van der Waals surface area contributed by atoms with Gasteiger partial charge in [0.25, 0.3) is 6.43 Å². The monoisotopic (exact) mass is 231 g/mol. The molecule has 0 unspecified atom stereocenters. The molecule has 0 fully saturated rings. The smallest absolute Gasteiger partial charge is 0.255 e. The Hall–Kier alpha value is -1.27. The van der Waals surface area contributed by atoms with Crippen molar-refractivity contribution in [3.63, 3.8) is 0 Å². The summed E-state index contributed by atoms with van der Waals surface area (Å²) in [4.78, 5) is 5.40. The summed E-state index contributed by atoms with van der Waals surface area (Å²) >= 11 is 0. The summed E-state index contributed by atoms with van der Waals surface area (Å²) in [6, 6.07) is 3.36. The molecular weight excluding hydrogens is 216 g/mol. The molecule has 1 aromatic heterocycles. The van der Waals surface area contributed by atoms with Gasteiger partial charge >= 0.3 is 0 Å². The Morgan fingerprint density at radius 1 is 1.44 bits per heavy atom. The van der Waals surface area contributed by atoms with Gasteiger partial charge in [-0.2, -0.15) is 0 Å². The lowest BCUT2D eigenvalue weighted by Crippen LogP contribution is -2.31. The summed E-state index contributed by atoms with van der Waals surface area (Å²) in [5, 5.41) is 8.78. The number of hydrogen-bond donors (Lipinski definition) is 2. The molecule has 90 valence electrons. The Morgan fingerprint density at radius 2 is 2.19 bits per heavy atom. The van der Waals surface area contributed by atoms with E-state index in [0.717, 1.165) is 0 Å². The van der Waals surface area contributed by atoms with Crippen molar-refractivity contribution in [1.82, 2.24) is 4.98 Å². The van der Waals surface area contributed by atoms with Crippen molar-refractivity contribution >= 4 is 5.69 Å². The van der Waals surface area contributed by atoms with Gasteiger partial charge < -0.3 is 15.7 Å². The number of nitrogens with two attached hydrogens (primary N) is 1. The summed E-state index contributed by atoms with van der Waals surface area (Å²) in [6.07, 6.45) is -0.957. The molecule has 4 nitrogen and oxygen atoms in total. The van der Waals surface area contributed by atoms with Crippen molar-refractivity contribution in [1.29, 1.82) is 0 Å². The second-order valence-electron chi connectivity index (χ2n) is 3.27. The molecule has 0 radical (unpaired) electrons. The second kappa shape index (κ2) is 6.34. The highest BCUT2D eigenvalue weighted by molar-refractivity contribution is 5.44. The minimum absolute atomic E-state index is 0.161. The van der Waals surface area contributed by atoms with Crippen molar-refractivity contribution in [3.8, 4) is 0 Å². The van der Waals surface area contributed by atoms with Gasteiger partial charge in [-0.05, 0) is 12.1 Å². The van der Waals surface area contributed by atoms with Crippen LogP contribution in [-0.4, -0.2) is 36.2 Å². The lowest BCUT2D eigenvalue weighted by atomic mass is 10.3. The maximum atomic E-state index is 12.3. The fourth-order valence-corrected chi connectivity index (χ4v) is 1.34. The molecule has 1 aromatic rings. The van der Waals surface area contributed by atoms with Gasteiger partial charge in [0.05, 0.1) is 30.7 Å². The molecule has 0 aliphatic heterocycles. The zero-order chi connectivity index (χ0) is 12.0.